The summed E-state index contributed by atoms with van der Waals surface area (Å²) in [6, 6.07) is 0. The van der Waals surface area contributed by atoms with E-state index in [2.05, 4.69) is 18.9 Å². The maximum Gasteiger partial charge on any atom is 0.348 e. The Hall–Kier alpha value is -4.96. The van der Waals surface area contributed by atoms with Crippen molar-refractivity contribution in [3.05, 3.63) is 0 Å². The molecule has 4 atom stereocenters. The fraction of sp³-hybridized carbons (Fsp3) is 0.636. The average molecular weight is 538 g/mol. The van der Waals surface area contributed by atoms with E-state index >= 15 is 0 Å². The number of carbonyl (C=O) groups is 4. The molecule has 38 heavy (non-hydrogen) atoms. The first-order chi connectivity index (χ1) is 18.3. The lowest BCUT2D eigenvalue weighted by molar-refractivity contribution is -0.171. The number of nitriles is 4. The highest BCUT2D eigenvalue weighted by atomic mass is 16.7. The van der Waals surface area contributed by atoms with Gasteiger partial charge in [-0.25, -0.2) is 9.59 Å². The summed E-state index contributed by atoms with van der Waals surface area (Å²) in [5.74, 6) is -3.69. The van der Waals surface area contributed by atoms with Gasteiger partial charge in [0.05, 0.1) is 0 Å². The Morgan fingerprint density at radius 1 is 0.605 bits per heavy atom. The Morgan fingerprint density at radius 3 is 1.24 bits per heavy atom. The largest absolute Gasteiger partial charge is 0.459 e. The summed E-state index contributed by atoms with van der Waals surface area (Å²) in [7, 11) is 0. The van der Waals surface area contributed by atoms with Crippen LogP contribution in [0.1, 0.15) is 52.4 Å². The lowest BCUT2D eigenvalue weighted by Gasteiger charge is -2.16. The van der Waals surface area contributed by atoms with E-state index in [9.17, 15) is 19.2 Å². The quantitative estimate of drug-likeness (QED) is 0.0730. The standard InChI is InChI=1S/C22H26N4O12/c1-3-19(35-13-25)37-17(27)7-5-15(33-11-23)21(29)31-9-10-32-22(30)16(34-12-24)6-8-18(28)38-20(4-2)36-14-26/h15-16,19-20H,3-10H2,1-2H3. The zero-order chi connectivity index (χ0) is 28.8. The van der Waals surface area contributed by atoms with Crippen molar-refractivity contribution in [1.29, 1.82) is 21.0 Å². The molecule has 0 heterocycles. The average Bonchev–Trinajstić information content (AvgIpc) is 2.90. The van der Waals surface area contributed by atoms with Crippen LogP contribution in [0.2, 0.25) is 0 Å². The molecule has 0 aliphatic heterocycles. The van der Waals surface area contributed by atoms with Gasteiger partial charge in [0, 0.05) is 38.5 Å². The van der Waals surface area contributed by atoms with E-state index in [1.54, 1.807) is 13.8 Å². The van der Waals surface area contributed by atoms with Crippen molar-refractivity contribution in [2.75, 3.05) is 13.2 Å². The molecule has 16 nitrogen and oxygen atoms in total. The van der Waals surface area contributed by atoms with Crippen LogP contribution in [0.5, 0.6) is 0 Å². The third kappa shape index (κ3) is 14.4. The fourth-order valence-corrected chi connectivity index (χ4v) is 2.46. The van der Waals surface area contributed by atoms with Crippen LogP contribution in [0.15, 0.2) is 0 Å². The van der Waals surface area contributed by atoms with Crippen LogP contribution in [-0.2, 0) is 57.1 Å². The van der Waals surface area contributed by atoms with Gasteiger partial charge in [0.25, 0.3) is 37.6 Å². The van der Waals surface area contributed by atoms with Crippen molar-refractivity contribution in [2.24, 2.45) is 0 Å². The molecule has 0 N–H and O–H groups in total. The molecule has 0 saturated heterocycles. The molecule has 0 saturated carbocycles. The van der Waals surface area contributed by atoms with Gasteiger partial charge in [-0.2, -0.15) is 21.0 Å². The van der Waals surface area contributed by atoms with E-state index in [-0.39, 0.29) is 38.5 Å². The second kappa shape index (κ2) is 20.3. The van der Waals surface area contributed by atoms with E-state index < -0.39 is 61.9 Å². The van der Waals surface area contributed by atoms with Crippen molar-refractivity contribution in [3.8, 4) is 25.0 Å². The Kier molecular flexibility index (Phi) is 17.6. The SMILES string of the molecule is CCC(OC#N)OC(=O)CCC(OC#N)C(=O)OCCOC(=O)C(CCC(=O)OC(CC)OC#N)OC#N. The molecular weight excluding hydrogens is 512 g/mol. The normalized spacial score (nSPS) is 12.7. The molecule has 0 aliphatic carbocycles. The highest BCUT2D eigenvalue weighted by Gasteiger charge is 2.27. The van der Waals surface area contributed by atoms with Gasteiger partial charge in [0.2, 0.25) is 12.2 Å². The summed E-state index contributed by atoms with van der Waals surface area (Å²) in [6.45, 7) is 2.28. The molecule has 0 aromatic carbocycles. The molecule has 0 aliphatic rings. The number of esters is 4. The highest BCUT2D eigenvalue weighted by molar-refractivity contribution is 5.77. The maximum atomic E-state index is 12.1. The van der Waals surface area contributed by atoms with Crippen LogP contribution < -0.4 is 0 Å². The number of ether oxygens (including phenoxy) is 8. The van der Waals surface area contributed by atoms with Crippen LogP contribution in [0.25, 0.3) is 0 Å². The van der Waals surface area contributed by atoms with Gasteiger partial charge < -0.3 is 37.9 Å². The Bertz CT molecular complexity index is 870. The summed E-state index contributed by atoms with van der Waals surface area (Å²) in [4.78, 5) is 47.9. The summed E-state index contributed by atoms with van der Waals surface area (Å²) < 4.78 is 37.7. The number of carbonyl (C=O) groups excluding carboxylic acids is 4. The lowest BCUT2D eigenvalue weighted by Crippen LogP contribution is -2.30. The van der Waals surface area contributed by atoms with Crippen molar-refractivity contribution in [1.82, 2.24) is 0 Å². The number of hydrogen-bond donors (Lipinski definition) is 0. The molecule has 4 unspecified atom stereocenters. The van der Waals surface area contributed by atoms with E-state index in [1.165, 1.54) is 25.0 Å². The van der Waals surface area contributed by atoms with E-state index in [0.717, 1.165) is 0 Å². The van der Waals surface area contributed by atoms with Gasteiger partial charge in [-0.15, -0.1) is 0 Å². The van der Waals surface area contributed by atoms with E-state index in [1.807, 2.05) is 0 Å². The molecule has 0 aromatic heterocycles. The Balaban J connectivity index is 4.59. The summed E-state index contributed by atoms with van der Waals surface area (Å²) >= 11 is 0. The highest BCUT2D eigenvalue weighted by Crippen LogP contribution is 2.11. The van der Waals surface area contributed by atoms with Crippen molar-refractivity contribution >= 4 is 23.9 Å². The summed E-state index contributed by atoms with van der Waals surface area (Å²) in [6.07, 6.45) is -0.583. The Morgan fingerprint density at radius 2 is 0.947 bits per heavy atom. The number of hydrogen-bond acceptors (Lipinski definition) is 16. The van der Waals surface area contributed by atoms with Gasteiger partial charge in [-0.3, -0.25) is 9.59 Å². The minimum Gasteiger partial charge on any atom is -0.459 e. The molecule has 0 amide bonds. The molecule has 206 valence electrons. The van der Waals surface area contributed by atoms with Crippen LogP contribution in [-0.4, -0.2) is 61.9 Å². The predicted molar refractivity (Wildman–Crippen MR) is 115 cm³/mol. The third-order valence-electron chi connectivity index (χ3n) is 4.27. The zero-order valence-electron chi connectivity index (χ0n) is 20.7. The fourth-order valence-electron chi connectivity index (χ4n) is 2.46. The van der Waals surface area contributed by atoms with E-state index in [4.69, 9.17) is 40.0 Å². The molecule has 0 bridgehead atoms. The minimum atomic E-state index is -1.46. The first kappa shape index (κ1) is 33.0. The molecule has 0 rings (SSSR count). The molecule has 0 spiro atoms. The first-order valence-corrected chi connectivity index (χ1v) is 11.2. The number of rotatable bonds is 19. The zero-order valence-corrected chi connectivity index (χ0v) is 20.7. The van der Waals surface area contributed by atoms with Crippen LogP contribution in [0.4, 0.5) is 0 Å². The van der Waals surface area contributed by atoms with Gasteiger partial charge >= 0.3 is 23.9 Å². The monoisotopic (exact) mass is 538 g/mol. The van der Waals surface area contributed by atoms with Crippen LogP contribution in [0, 0.1) is 46.1 Å². The first-order valence-electron chi connectivity index (χ1n) is 11.2. The van der Waals surface area contributed by atoms with Gasteiger partial charge in [-0.1, -0.05) is 13.8 Å². The molecule has 0 radical (unpaired) electrons. The van der Waals surface area contributed by atoms with Crippen LogP contribution >= 0.6 is 0 Å². The molecule has 16 heteroatoms. The third-order valence-corrected chi connectivity index (χ3v) is 4.27. The molecular formula is C22H26N4O12. The van der Waals surface area contributed by atoms with Gasteiger partial charge in [0.1, 0.15) is 13.2 Å². The summed E-state index contributed by atoms with van der Waals surface area (Å²) in [5.41, 5.74) is 0. The second-order valence-electron chi connectivity index (χ2n) is 6.88. The maximum absolute atomic E-state index is 12.1. The van der Waals surface area contributed by atoms with Gasteiger partial charge in [0.15, 0.2) is 0 Å². The van der Waals surface area contributed by atoms with Crippen LogP contribution in [0.3, 0.4) is 0 Å². The molecule has 0 aromatic rings. The smallest absolute Gasteiger partial charge is 0.348 e. The van der Waals surface area contributed by atoms with Crippen molar-refractivity contribution in [2.45, 2.75) is 77.2 Å². The minimum absolute atomic E-state index is 0.208. The van der Waals surface area contributed by atoms with Gasteiger partial charge in [-0.05, 0) is 0 Å². The Labute approximate surface area is 218 Å². The van der Waals surface area contributed by atoms with Crippen molar-refractivity contribution in [3.63, 3.8) is 0 Å². The topological polar surface area (TPSA) is 237 Å². The van der Waals surface area contributed by atoms with E-state index in [0.29, 0.717) is 0 Å². The lowest BCUT2D eigenvalue weighted by atomic mass is 10.2. The second-order valence-corrected chi connectivity index (χ2v) is 6.88. The van der Waals surface area contributed by atoms with Crippen molar-refractivity contribution < 1.29 is 57.1 Å². The molecule has 0 fully saturated rings. The number of nitrogens with zero attached hydrogens (tertiary/aromatic N) is 4. The summed E-state index contributed by atoms with van der Waals surface area (Å²) in [5, 5.41) is 34.4. The predicted octanol–water partition coefficient (Wildman–Crippen LogP) is 0.920.